The van der Waals surface area contributed by atoms with E-state index in [1.54, 1.807) is 42.5 Å². The van der Waals surface area contributed by atoms with Crippen molar-refractivity contribution in [3.63, 3.8) is 0 Å². The Balaban J connectivity index is 2.07. The van der Waals surface area contributed by atoms with Crippen LogP contribution < -0.4 is 9.47 Å². The van der Waals surface area contributed by atoms with Gasteiger partial charge in [-0.15, -0.1) is 0 Å². The highest BCUT2D eigenvalue weighted by Crippen LogP contribution is 2.28. The smallest absolute Gasteiger partial charge is 0.161 e. The van der Waals surface area contributed by atoms with Crippen molar-refractivity contribution in [2.75, 3.05) is 7.11 Å². The van der Waals surface area contributed by atoms with Gasteiger partial charge in [0.05, 0.1) is 7.11 Å². The minimum absolute atomic E-state index is 0.0656. The van der Waals surface area contributed by atoms with Crippen LogP contribution in [0.3, 0.4) is 0 Å². The van der Waals surface area contributed by atoms with Gasteiger partial charge in [-0.05, 0) is 29.8 Å². The van der Waals surface area contributed by atoms with Gasteiger partial charge in [0.2, 0.25) is 0 Å². The molecule has 4 nitrogen and oxygen atoms in total. The van der Waals surface area contributed by atoms with Crippen LogP contribution in [0, 0.1) is 0 Å². The number of para-hydroxylation sites is 2. The van der Waals surface area contributed by atoms with Crippen molar-refractivity contribution >= 4 is 0 Å². The van der Waals surface area contributed by atoms with Crippen molar-refractivity contribution in [3.8, 4) is 23.0 Å². The molecule has 0 bridgehead atoms. The van der Waals surface area contributed by atoms with Gasteiger partial charge in [-0.2, -0.15) is 0 Å². The third-order valence-corrected chi connectivity index (χ3v) is 2.50. The lowest BCUT2D eigenvalue weighted by Gasteiger charge is -2.09. The van der Waals surface area contributed by atoms with E-state index in [1.165, 1.54) is 7.11 Å². The summed E-state index contributed by atoms with van der Waals surface area (Å²) >= 11 is 0. The zero-order valence-corrected chi connectivity index (χ0v) is 9.96. The summed E-state index contributed by atoms with van der Waals surface area (Å²) in [5.74, 6) is 0.986. The van der Waals surface area contributed by atoms with Crippen LogP contribution in [0.5, 0.6) is 23.0 Å². The molecule has 94 valence electrons. The molecule has 0 amide bonds. The van der Waals surface area contributed by atoms with E-state index in [4.69, 9.17) is 9.47 Å². The lowest BCUT2D eigenvalue weighted by atomic mass is 10.2. The lowest BCUT2D eigenvalue weighted by molar-refractivity contribution is 0.288. The predicted molar refractivity (Wildman–Crippen MR) is 67.1 cm³/mol. The monoisotopic (exact) mass is 246 g/mol. The minimum atomic E-state index is 0.0656. The Morgan fingerprint density at radius 2 is 1.72 bits per heavy atom. The van der Waals surface area contributed by atoms with E-state index in [-0.39, 0.29) is 18.1 Å². The number of hydrogen-bond donors (Lipinski definition) is 2. The van der Waals surface area contributed by atoms with Gasteiger partial charge < -0.3 is 19.7 Å². The molecule has 0 atom stereocenters. The molecule has 2 aromatic carbocycles. The van der Waals surface area contributed by atoms with Crippen molar-refractivity contribution in [2.45, 2.75) is 6.61 Å². The highest BCUT2D eigenvalue weighted by molar-refractivity contribution is 5.42. The maximum Gasteiger partial charge on any atom is 0.161 e. The molecule has 2 N–H and O–H groups in total. The van der Waals surface area contributed by atoms with E-state index in [0.717, 1.165) is 5.56 Å². The van der Waals surface area contributed by atoms with Gasteiger partial charge in [0.25, 0.3) is 0 Å². The summed E-state index contributed by atoms with van der Waals surface area (Å²) in [6, 6.07) is 11.8. The number of aromatic hydroxyl groups is 2. The number of phenolic OH excluding ortho intramolecular Hbond substituents is 2. The van der Waals surface area contributed by atoms with Crippen molar-refractivity contribution in [3.05, 3.63) is 48.0 Å². The Hall–Kier alpha value is -2.36. The first-order valence-corrected chi connectivity index (χ1v) is 5.47. The highest BCUT2D eigenvalue weighted by atomic mass is 16.5. The normalized spacial score (nSPS) is 10.1. The molecular formula is C14H14O4. The lowest BCUT2D eigenvalue weighted by Crippen LogP contribution is -1.96. The van der Waals surface area contributed by atoms with Gasteiger partial charge in [0.15, 0.2) is 23.0 Å². The third-order valence-electron chi connectivity index (χ3n) is 2.50. The maximum absolute atomic E-state index is 9.61. The van der Waals surface area contributed by atoms with Crippen molar-refractivity contribution in [2.24, 2.45) is 0 Å². The summed E-state index contributed by atoms with van der Waals surface area (Å²) < 4.78 is 10.4. The third kappa shape index (κ3) is 2.66. The van der Waals surface area contributed by atoms with E-state index in [2.05, 4.69) is 0 Å². The fourth-order valence-corrected chi connectivity index (χ4v) is 1.57. The summed E-state index contributed by atoms with van der Waals surface area (Å²) in [7, 11) is 1.49. The van der Waals surface area contributed by atoms with Crippen LogP contribution in [0.1, 0.15) is 5.56 Å². The molecule has 0 radical (unpaired) electrons. The summed E-state index contributed by atoms with van der Waals surface area (Å²) in [6.45, 7) is 0.259. The molecule has 0 unspecified atom stereocenters. The largest absolute Gasteiger partial charge is 0.504 e. The minimum Gasteiger partial charge on any atom is -0.504 e. The van der Waals surface area contributed by atoms with Crippen molar-refractivity contribution < 1.29 is 19.7 Å². The topological polar surface area (TPSA) is 58.9 Å². The second kappa shape index (κ2) is 5.31. The fourth-order valence-electron chi connectivity index (χ4n) is 1.57. The number of hydrogen-bond acceptors (Lipinski definition) is 4. The SMILES string of the molecule is COc1ccc(COc2ccccc2O)cc1O. The Morgan fingerprint density at radius 1 is 0.944 bits per heavy atom. The van der Waals surface area contributed by atoms with E-state index in [0.29, 0.717) is 11.5 Å². The fraction of sp³-hybridized carbons (Fsp3) is 0.143. The molecule has 0 aliphatic heterocycles. The zero-order chi connectivity index (χ0) is 13.0. The number of phenols is 2. The molecule has 18 heavy (non-hydrogen) atoms. The van der Waals surface area contributed by atoms with Gasteiger partial charge in [0.1, 0.15) is 6.61 Å². The quantitative estimate of drug-likeness (QED) is 0.870. The standard InChI is InChI=1S/C14H14O4/c1-17-13-7-6-10(8-12(13)16)9-18-14-5-3-2-4-11(14)15/h2-8,15-16H,9H2,1H3. The molecule has 4 heteroatoms. The van der Waals surface area contributed by atoms with Gasteiger partial charge in [-0.1, -0.05) is 18.2 Å². The van der Waals surface area contributed by atoms with Crippen LogP contribution >= 0.6 is 0 Å². The molecule has 0 heterocycles. The van der Waals surface area contributed by atoms with Crippen LogP contribution in [0.15, 0.2) is 42.5 Å². The Bertz CT molecular complexity index is 537. The number of ether oxygens (including phenoxy) is 2. The first-order chi connectivity index (χ1) is 8.70. The van der Waals surface area contributed by atoms with Crippen LogP contribution in [-0.2, 0) is 6.61 Å². The Morgan fingerprint density at radius 3 is 2.39 bits per heavy atom. The van der Waals surface area contributed by atoms with Gasteiger partial charge in [0, 0.05) is 0 Å². The molecule has 0 spiro atoms. The molecule has 0 fully saturated rings. The number of rotatable bonds is 4. The summed E-state index contributed by atoms with van der Waals surface area (Å²) in [6.07, 6.45) is 0. The molecule has 0 aliphatic carbocycles. The first kappa shape index (κ1) is 12.1. The Kier molecular flexibility index (Phi) is 3.57. The van der Waals surface area contributed by atoms with E-state index in [1.807, 2.05) is 0 Å². The van der Waals surface area contributed by atoms with Crippen LogP contribution in [-0.4, -0.2) is 17.3 Å². The summed E-state index contributed by atoms with van der Waals surface area (Å²) in [5, 5.41) is 19.1. The molecule has 2 aromatic rings. The molecule has 0 saturated carbocycles. The van der Waals surface area contributed by atoms with Gasteiger partial charge in [-0.3, -0.25) is 0 Å². The molecule has 0 saturated heterocycles. The molecular weight excluding hydrogens is 232 g/mol. The van der Waals surface area contributed by atoms with Crippen LogP contribution in [0.4, 0.5) is 0 Å². The summed E-state index contributed by atoms with van der Waals surface area (Å²) in [5.41, 5.74) is 0.788. The molecule has 0 aromatic heterocycles. The zero-order valence-electron chi connectivity index (χ0n) is 9.96. The van der Waals surface area contributed by atoms with E-state index in [9.17, 15) is 10.2 Å². The molecule has 2 rings (SSSR count). The highest BCUT2D eigenvalue weighted by Gasteiger charge is 2.04. The first-order valence-electron chi connectivity index (χ1n) is 5.47. The average molecular weight is 246 g/mol. The summed E-state index contributed by atoms with van der Waals surface area (Å²) in [4.78, 5) is 0. The number of methoxy groups -OCH3 is 1. The molecule has 0 aliphatic rings. The second-order valence-electron chi connectivity index (χ2n) is 3.76. The van der Waals surface area contributed by atoms with Gasteiger partial charge in [-0.25, -0.2) is 0 Å². The predicted octanol–water partition coefficient (Wildman–Crippen LogP) is 2.69. The number of benzene rings is 2. The van der Waals surface area contributed by atoms with Crippen molar-refractivity contribution in [1.29, 1.82) is 0 Å². The average Bonchev–Trinajstić information content (AvgIpc) is 2.38. The van der Waals surface area contributed by atoms with Crippen LogP contribution in [0.25, 0.3) is 0 Å². The van der Waals surface area contributed by atoms with Crippen LogP contribution in [0.2, 0.25) is 0 Å². The van der Waals surface area contributed by atoms with Gasteiger partial charge >= 0.3 is 0 Å². The van der Waals surface area contributed by atoms with E-state index < -0.39 is 0 Å². The van der Waals surface area contributed by atoms with Crippen molar-refractivity contribution in [1.82, 2.24) is 0 Å². The maximum atomic E-state index is 9.61. The second-order valence-corrected chi connectivity index (χ2v) is 3.76. The Labute approximate surface area is 105 Å². The van der Waals surface area contributed by atoms with E-state index >= 15 is 0 Å².